The zero-order valence-corrected chi connectivity index (χ0v) is 14.7. The second-order valence-electron chi connectivity index (χ2n) is 6.00. The second kappa shape index (κ2) is 8.12. The summed E-state index contributed by atoms with van der Waals surface area (Å²) >= 11 is 0. The van der Waals surface area contributed by atoms with Crippen molar-refractivity contribution in [2.45, 2.75) is 18.4 Å². The maximum Gasteiger partial charge on any atom is 0.416 e. The standard InChI is InChI=1S/C17H16F6N2O.ClH/c18-16(19,20)11-3-4-13(17(21,22)23)12(10-11)15(14-2-1-9-26-14)25-7-5-24-6-8-25;/h1-4,9-10,15,24H,5-8H2;1H/t15-;/m1./s1. The number of hydrogen-bond acceptors (Lipinski definition) is 3. The Morgan fingerprint density at radius 2 is 1.63 bits per heavy atom. The highest BCUT2D eigenvalue weighted by molar-refractivity contribution is 5.85. The fourth-order valence-electron chi connectivity index (χ4n) is 3.14. The lowest BCUT2D eigenvalue weighted by Gasteiger charge is -2.35. The SMILES string of the molecule is Cl.FC(F)(F)c1ccc(C(F)(F)F)c([C@H](c2ccco2)N2CCNCC2)c1. The fourth-order valence-corrected chi connectivity index (χ4v) is 3.14. The van der Waals surface area contributed by atoms with Crippen molar-refractivity contribution in [1.82, 2.24) is 10.2 Å². The van der Waals surface area contributed by atoms with Gasteiger partial charge in [0.1, 0.15) is 5.76 Å². The van der Waals surface area contributed by atoms with E-state index in [1.807, 2.05) is 0 Å². The number of piperazine rings is 1. The average Bonchev–Trinajstić information content (AvgIpc) is 3.08. The quantitative estimate of drug-likeness (QED) is 0.736. The summed E-state index contributed by atoms with van der Waals surface area (Å²) in [6, 6.07) is 3.47. The monoisotopic (exact) mass is 414 g/mol. The zero-order valence-electron chi connectivity index (χ0n) is 13.9. The number of hydrogen-bond donors (Lipinski definition) is 1. The van der Waals surface area contributed by atoms with Crippen molar-refractivity contribution >= 4 is 12.4 Å². The number of halogens is 7. The summed E-state index contributed by atoms with van der Waals surface area (Å²) in [5, 5.41) is 3.07. The van der Waals surface area contributed by atoms with Gasteiger partial charge in [-0.3, -0.25) is 4.90 Å². The molecule has 1 N–H and O–H groups in total. The molecule has 2 aromatic rings. The van der Waals surface area contributed by atoms with Crippen LogP contribution in [-0.2, 0) is 12.4 Å². The molecule has 1 aliphatic rings. The summed E-state index contributed by atoms with van der Waals surface area (Å²) in [6.07, 6.45) is -8.22. The Bertz CT molecular complexity index is 739. The molecular weight excluding hydrogens is 398 g/mol. The van der Waals surface area contributed by atoms with Gasteiger partial charge in [-0.2, -0.15) is 26.3 Å². The molecule has 1 fully saturated rings. The number of alkyl halides is 6. The maximum atomic E-state index is 13.5. The average molecular weight is 415 g/mol. The minimum absolute atomic E-state index is 0. The minimum Gasteiger partial charge on any atom is -0.467 e. The van der Waals surface area contributed by atoms with Crippen LogP contribution in [0.15, 0.2) is 41.0 Å². The van der Waals surface area contributed by atoms with E-state index in [-0.39, 0.29) is 18.2 Å². The van der Waals surface area contributed by atoms with Crippen LogP contribution in [0.5, 0.6) is 0 Å². The van der Waals surface area contributed by atoms with Gasteiger partial charge in [0.15, 0.2) is 0 Å². The molecule has 1 atom stereocenters. The molecule has 3 nitrogen and oxygen atoms in total. The van der Waals surface area contributed by atoms with Crippen molar-refractivity contribution in [3.63, 3.8) is 0 Å². The van der Waals surface area contributed by atoms with E-state index < -0.39 is 35.1 Å². The number of rotatable bonds is 3. The van der Waals surface area contributed by atoms with Gasteiger partial charge >= 0.3 is 12.4 Å². The number of nitrogens with one attached hydrogen (secondary N) is 1. The molecule has 3 rings (SSSR count). The summed E-state index contributed by atoms with van der Waals surface area (Å²) in [5.74, 6) is 0.178. The molecule has 0 unspecified atom stereocenters. The predicted molar refractivity (Wildman–Crippen MR) is 88.7 cm³/mol. The first kappa shape index (κ1) is 21.6. The van der Waals surface area contributed by atoms with E-state index in [0.717, 1.165) is 0 Å². The first-order valence-electron chi connectivity index (χ1n) is 7.94. The summed E-state index contributed by atoms with van der Waals surface area (Å²) < 4.78 is 85.1. The molecule has 0 spiro atoms. The molecular formula is C17H17ClF6N2O. The first-order valence-corrected chi connectivity index (χ1v) is 7.94. The van der Waals surface area contributed by atoms with Gasteiger partial charge in [-0.25, -0.2) is 0 Å². The second-order valence-corrected chi connectivity index (χ2v) is 6.00. The Morgan fingerprint density at radius 1 is 0.963 bits per heavy atom. The number of benzene rings is 1. The van der Waals surface area contributed by atoms with Crippen molar-refractivity contribution in [3.8, 4) is 0 Å². The van der Waals surface area contributed by atoms with E-state index >= 15 is 0 Å². The highest BCUT2D eigenvalue weighted by Gasteiger charge is 2.40. The van der Waals surface area contributed by atoms with Gasteiger partial charge in [0.2, 0.25) is 0 Å². The molecule has 0 saturated carbocycles. The molecule has 1 saturated heterocycles. The van der Waals surface area contributed by atoms with Crippen molar-refractivity contribution in [3.05, 3.63) is 59.0 Å². The molecule has 0 amide bonds. The molecule has 0 bridgehead atoms. The Morgan fingerprint density at radius 3 is 2.15 bits per heavy atom. The molecule has 27 heavy (non-hydrogen) atoms. The smallest absolute Gasteiger partial charge is 0.416 e. The van der Waals surface area contributed by atoms with E-state index in [2.05, 4.69) is 5.32 Å². The van der Waals surface area contributed by atoms with Crippen LogP contribution in [0.3, 0.4) is 0 Å². The Hall–Kier alpha value is -1.71. The predicted octanol–water partition coefficient (Wildman–Crippen LogP) is 4.73. The van der Waals surface area contributed by atoms with Crippen molar-refractivity contribution in [2.24, 2.45) is 0 Å². The summed E-state index contributed by atoms with van der Waals surface area (Å²) in [7, 11) is 0. The summed E-state index contributed by atoms with van der Waals surface area (Å²) in [5.41, 5.74) is -2.67. The number of furan rings is 1. The highest BCUT2D eigenvalue weighted by Crippen LogP contribution is 2.42. The van der Waals surface area contributed by atoms with Gasteiger partial charge < -0.3 is 9.73 Å². The molecule has 150 valence electrons. The first-order chi connectivity index (χ1) is 12.2. The third-order valence-corrected chi connectivity index (χ3v) is 4.31. The van der Waals surface area contributed by atoms with Crippen LogP contribution in [0.1, 0.15) is 28.5 Å². The van der Waals surface area contributed by atoms with E-state index in [4.69, 9.17) is 4.42 Å². The summed E-state index contributed by atoms with van der Waals surface area (Å²) in [6.45, 7) is 1.83. The van der Waals surface area contributed by atoms with Gasteiger partial charge in [0, 0.05) is 26.2 Å². The van der Waals surface area contributed by atoms with Gasteiger partial charge in [-0.05, 0) is 35.9 Å². The van der Waals surface area contributed by atoms with Crippen LogP contribution in [0.25, 0.3) is 0 Å². The van der Waals surface area contributed by atoms with Gasteiger partial charge in [0.05, 0.1) is 23.4 Å². The van der Waals surface area contributed by atoms with Gasteiger partial charge in [-0.15, -0.1) is 12.4 Å². The maximum absolute atomic E-state index is 13.5. The molecule has 0 radical (unpaired) electrons. The van der Waals surface area contributed by atoms with Crippen LogP contribution in [0.2, 0.25) is 0 Å². The van der Waals surface area contributed by atoms with Crippen LogP contribution in [0, 0.1) is 0 Å². The molecule has 10 heteroatoms. The highest BCUT2D eigenvalue weighted by atomic mass is 35.5. The largest absolute Gasteiger partial charge is 0.467 e. The van der Waals surface area contributed by atoms with E-state index in [9.17, 15) is 26.3 Å². The van der Waals surface area contributed by atoms with E-state index in [1.165, 1.54) is 18.4 Å². The molecule has 2 heterocycles. The fraction of sp³-hybridized carbons (Fsp3) is 0.412. The zero-order chi connectivity index (χ0) is 18.9. The third-order valence-electron chi connectivity index (χ3n) is 4.31. The topological polar surface area (TPSA) is 28.4 Å². The van der Waals surface area contributed by atoms with E-state index in [0.29, 0.717) is 44.4 Å². The lowest BCUT2D eigenvalue weighted by molar-refractivity contribution is -0.142. The van der Waals surface area contributed by atoms with Crippen molar-refractivity contribution < 1.29 is 30.8 Å². The Balaban J connectivity index is 0.00000261. The molecule has 1 aliphatic heterocycles. The van der Waals surface area contributed by atoms with Crippen LogP contribution < -0.4 is 5.32 Å². The van der Waals surface area contributed by atoms with Crippen LogP contribution >= 0.6 is 12.4 Å². The van der Waals surface area contributed by atoms with Gasteiger partial charge in [0.25, 0.3) is 0 Å². The molecule has 1 aromatic carbocycles. The van der Waals surface area contributed by atoms with Crippen LogP contribution in [0.4, 0.5) is 26.3 Å². The lowest BCUT2D eigenvalue weighted by atomic mass is 9.93. The van der Waals surface area contributed by atoms with Crippen molar-refractivity contribution in [1.29, 1.82) is 0 Å². The number of nitrogens with zero attached hydrogens (tertiary/aromatic N) is 1. The molecule has 0 aliphatic carbocycles. The third kappa shape index (κ3) is 4.77. The minimum atomic E-state index is -4.78. The lowest BCUT2D eigenvalue weighted by Crippen LogP contribution is -2.45. The molecule has 1 aromatic heterocycles. The Labute approximate surface area is 157 Å². The Kier molecular flexibility index (Phi) is 6.49. The van der Waals surface area contributed by atoms with E-state index in [1.54, 1.807) is 4.90 Å². The normalized spacial score (nSPS) is 17.4. The van der Waals surface area contributed by atoms with Crippen LogP contribution in [-0.4, -0.2) is 31.1 Å². The summed E-state index contributed by atoms with van der Waals surface area (Å²) in [4.78, 5) is 1.69. The van der Waals surface area contributed by atoms with Gasteiger partial charge in [-0.1, -0.05) is 0 Å². The van der Waals surface area contributed by atoms with Crippen molar-refractivity contribution in [2.75, 3.05) is 26.2 Å².